The van der Waals surface area contributed by atoms with Crippen molar-refractivity contribution >= 4 is 43.8 Å². The van der Waals surface area contributed by atoms with Crippen LogP contribution >= 0.6 is 31.9 Å². The number of benzene rings is 2. The number of carbonyl (C=O) groups is 2. The first-order valence-electron chi connectivity index (χ1n) is 8.51. The average molecular weight is 532 g/mol. The largest absolute Gasteiger partial charge is 0.508 e. The number of fused-ring (bicyclic) bond motifs is 1. The number of phenols is 2. The van der Waals surface area contributed by atoms with Gasteiger partial charge in [0.25, 0.3) is 0 Å². The number of halogens is 2. The van der Waals surface area contributed by atoms with Gasteiger partial charge in [-0.25, -0.2) is 0 Å². The Hall–Kier alpha value is -2.14. The molecule has 0 saturated heterocycles. The second kappa shape index (κ2) is 10.1. The van der Waals surface area contributed by atoms with Gasteiger partial charge in [0.2, 0.25) is 0 Å². The van der Waals surface area contributed by atoms with Gasteiger partial charge in [-0.3, -0.25) is 14.9 Å². The molecule has 1 aliphatic heterocycles. The Morgan fingerprint density at radius 1 is 1.10 bits per heavy atom. The number of carboxylic acids is 2. The number of hydrogen-bond donors (Lipinski definition) is 6. The number of nitrogens with two attached hydrogens (primary N) is 1. The highest BCUT2D eigenvalue weighted by Gasteiger charge is 2.26. The van der Waals surface area contributed by atoms with Crippen LogP contribution in [0.5, 0.6) is 11.5 Å². The number of hydrogen-bond acceptors (Lipinski definition) is 6. The van der Waals surface area contributed by atoms with E-state index in [1.807, 2.05) is 0 Å². The topological polar surface area (TPSA) is 153 Å². The molecule has 0 aromatic heterocycles. The van der Waals surface area contributed by atoms with Crippen molar-refractivity contribution in [3.8, 4) is 11.5 Å². The van der Waals surface area contributed by atoms with Crippen LogP contribution < -0.4 is 11.1 Å². The van der Waals surface area contributed by atoms with E-state index in [9.17, 15) is 19.8 Å². The molecule has 0 aliphatic carbocycles. The molecule has 0 spiro atoms. The van der Waals surface area contributed by atoms with E-state index in [1.54, 1.807) is 18.2 Å². The zero-order chi connectivity index (χ0) is 21.7. The van der Waals surface area contributed by atoms with Crippen LogP contribution in [0.25, 0.3) is 0 Å². The lowest BCUT2D eigenvalue weighted by atomic mass is 9.95. The van der Waals surface area contributed by atoms with Crippen molar-refractivity contribution in [2.45, 2.75) is 31.5 Å². The van der Waals surface area contributed by atoms with Crippen molar-refractivity contribution in [1.29, 1.82) is 0 Å². The summed E-state index contributed by atoms with van der Waals surface area (Å²) in [5.74, 6) is -1.61. The molecule has 0 radical (unpaired) electrons. The fourth-order valence-electron chi connectivity index (χ4n) is 2.79. The molecule has 7 N–H and O–H groups in total. The molecule has 0 saturated carbocycles. The predicted molar refractivity (Wildman–Crippen MR) is 113 cm³/mol. The summed E-state index contributed by atoms with van der Waals surface area (Å²) in [6.45, 7) is 0.386. The van der Waals surface area contributed by atoms with Gasteiger partial charge in [-0.15, -0.1) is 0 Å². The fraction of sp³-hybridized carbons (Fsp3) is 0.263. The molecular weight excluding hydrogens is 512 g/mol. The lowest BCUT2D eigenvalue weighted by Gasteiger charge is -2.24. The SMILES string of the molecule is NC(Cc1cc(O)ccc1Br)C(=O)O.O=C(O)C1Cc2c(Br)ccc(O)c2CN1. The minimum atomic E-state index is -1.06. The normalized spacial score (nSPS) is 16.2. The van der Waals surface area contributed by atoms with Crippen molar-refractivity contribution < 1.29 is 30.0 Å². The summed E-state index contributed by atoms with van der Waals surface area (Å²) in [6, 6.07) is 6.47. The Morgan fingerprint density at radius 2 is 1.76 bits per heavy atom. The predicted octanol–water partition coefficient (Wildman–Crippen LogP) is 2.36. The monoisotopic (exact) mass is 530 g/mol. The summed E-state index contributed by atoms with van der Waals surface area (Å²) < 4.78 is 1.59. The van der Waals surface area contributed by atoms with Crippen LogP contribution in [0.2, 0.25) is 0 Å². The molecule has 0 amide bonds. The van der Waals surface area contributed by atoms with E-state index < -0.39 is 24.0 Å². The van der Waals surface area contributed by atoms with Crippen LogP contribution in [0.1, 0.15) is 16.7 Å². The molecule has 156 valence electrons. The molecule has 2 aromatic rings. The van der Waals surface area contributed by atoms with Crippen LogP contribution in [-0.2, 0) is 29.0 Å². The first-order valence-corrected chi connectivity index (χ1v) is 10.1. The number of carboxylic acid groups (broad SMARTS) is 2. The van der Waals surface area contributed by atoms with Crippen molar-refractivity contribution in [2.75, 3.05) is 0 Å². The summed E-state index contributed by atoms with van der Waals surface area (Å²) in [5, 5.41) is 39.1. The maximum atomic E-state index is 10.8. The van der Waals surface area contributed by atoms with Crippen molar-refractivity contribution in [3.05, 3.63) is 56.0 Å². The van der Waals surface area contributed by atoms with Gasteiger partial charge in [-0.2, -0.15) is 0 Å². The summed E-state index contributed by atoms with van der Waals surface area (Å²) in [6.07, 6.45) is 0.573. The number of aliphatic carboxylic acids is 2. The smallest absolute Gasteiger partial charge is 0.321 e. The van der Waals surface area contributed by atoms with Crippen LogP contribution in [0, 0.1) is 0 Å². The number of nitrogens with one attached hydrogen (secondary N) is 1. The molecule has 0 bridgehead atoms. The molecule has 2 atom stereocenters. The van der Waals surface area contributed by atoms with E-state index in [-0.39, 0.29) is 17.9 Å². The van der Waals surface area contributed by atoms with Gasteiger partial charge in [-0.05, 0) is 47.9 Å². The molecule has 29 heavy (non-hydrogen) atoms. The average Bonchev–Trinajstić information content (AvgIpc) is 2.67. The van der Waals surface area contributed by atoms with Gasteiger partial charge in [-0.1, -0.05) is 31.9 Å². The van der Waals surface area contributed by atoms with Crippen molar-refractivity contribution in [3.63, 3.8) is 0 Å². The molecule has 1 heterocycles. The molecule has 2 unspecified atom stereocenters. The van der Waals surface area contributed by atoms with Crippen molar-refractivity contribution in [2.24, 2.45) is 5.73 Å². The zero-order valence-electron chi connectivity index (χ0n) is 15.1. The lowest BCUT2D eigenvalue weighted by molar-refractivity contribution is -0.140. The zero-order valence-corrected chi connectivity index (χ0v) is 18.3. The number of aromatic hydroxyl groups is 2. The minimum Gasteiger partial charge on any atom is -0.508 e. The van der Waals surface area contributed by atoms with Crippen LogP contribution in [0.15, 0.2) is 39.3 Å². The molecule has 0 fully saturated rings. The van der Waals surface area contributed by atoms with Crippen LogP contribution in [0.3, 0.4) is 0 Å². The Bertz CT molecular complexity index is 922. The second-order valence-corrected chi connectivity index (χ2v) is 8.13. The molecule has 10 heteroatoms. The summed E-state index contributed by atoms with van der Waals surface area (Å²) >= 11 is 6.61. The highest BCUT2D eigenvalue weighted by molar-refractivity contribution is 9.10. The summed E-state index contributed by atoms with van der Waals surface area (Å²) in [4.78, 5) is 21.3. The van der Waals surface area contributed by atoms with Gasteiger partial charge >= 0.3 is 11.9 Å². The Kier molecular flexibility index (Phi) is 8.03. The Balaban J connectivity index is 0.000000208. The summed E-state index contributed by atoms with van der Waals surface area (Å²) in [5.41, 5.74) is 7.70. The van der Waals surface area contributed by atoms with Crippen LogP contribution in [0.4, 0.5) is 0 Å². The second-order valence-electron chi connectivity index (χ2n) is 6.42. The van der Waals surface area contributed by atoms with E-state index in [0.29, 0.717) is 18.5 Å². The number of phenolic OH excluding ortho intramolecular Hbond substituents is 2. The van der Waals surface area contributed by atoms with E-state index in [1.165, 1.54) is 12.1 Å². The number of rotatable bonds is 4. The van der Waals surface area contributed by atoms with Gasteiger partial charge in [0.05, 0.1) is 0 Å². The van der Waals surface area contributed by atoms with Gasteiger partial charge < -0.3 is 26.2 Å². The molecule has 2 aromatic carbocycles. The van der Waals surface area contributed by atoms with Crippen molar-refractivity contribution in [1.82, 2.24) is 5.32 Å². The highest BCUT2D eigenvalue weighted by atomic mass is 79.9. The van der Waals surface area contributed by atoms with E-state index in [2.05, 4.69) is 37.2 Å². The quantitative estimate of drug-likeness (QED) is 0.351. The standard InChI is InChI=1S/C10H10BrNO3.C9H10BrNO3/c11-7-1-2-9(13)6-4-12-8(10(14)15)3-5(6)7;10-7-2-1-6(12)3-5(7)4-8(11)9(13)14/h1-2,8,12-13H,3-4H2,(H,14,15);1-3,8,12H,4,11H2,(H,13,14). The Labute approximate surface area is 183 Å². The van der Waals surface area contributed by atoms with E-state index >= 15 is 0 Å². The highest BCUT2D eigenvalue weighted by Crippen LogP contribution is 2.31. The van der Waals surface area contributed by atoms with Crippen LogP contribution in [-0.4, -0.2) is 44.4 Å². The van der Waals surface area contributed by atoms with Gasteiger partial charge in [0, 0.05) is 27.5 Å². The third-order valence-electron chi connectivity index (χ3n) is 4.37. The fourth-order valence-corrected chi connectivity index (χ4v) is 3.73. The first-order chi connectivity index (χ1) is 13.6. The van der Waals surface area contributed by atoms with Gasteiger partial charge in [0.1, 0.15) is 23.6 Å². The molecule has 3 rings (SSSR count). The maximum absolute atomic E-state index is 10.8. The Morgan fingerprint density at radius 3 is 2.38 bits per heavy atom. The minimum absolute atomic E-state index is 0.0980. The summed E-state index contributed by atoms with van der Waals surface area (Å²) in [7, 11) is 0. The third kappa shape index (κ3) is 6.17. The van der Waals surface area contributed by atoms with E-state index in [4.69, 9.17) is 15.9 Å². The van der Waals surface area contributed by atoms with E-state index in [0.717, 1.165) is 20.1 Å². The maximum Gasteiger partial charge on any atom is 0.321 e. The molecular formula is C19H20Br2N2O6. The third-order valence-corrected chi connectivity index (χ3v) is 5.88. The molecule has 1 aliphatic rings. The first kappa shape index (κ1) is 23.1. The van der Waals surface area contributed by atoms with Gasteiger partial charge in [0.15, 0.2) is 0 Å². The molecule has 8 nitrogen and oxygen atoms in total. The lowest BCUT2D eigenvalue weighted by Crippen LogP contribution is -2.41.